The summed E-state index contributed by atoms with van der Waals surface area (Å²) in [7, 11) is 0. The van der Waals surface area contributed by atoms with Crippen LogP contribution in [0.15, 0.2) is 18.3 Å². The maximum atomic E-state index is 13.1. The number of aryl methyl sites for hydroxylation is 1. The number of pyridine rings is 1. The number of nitrogens with two attached hydrogens (primary N) is 1. The molecule has 0 bridgehead atoms. The van der Waals surface area contributed by atoms with Gasteiger partial charge in [0.1, 0.15) is 0 Å². The number of hydrogen-bond donors (Lipinski definition) is 1. The predicted molar refractivity (Wildman–Crippen MR) is 49.3 cm³/mol. The molecule has 1 aromatic heterocycles. The SMILES string of the molecule is Cc1ccnc(C2(CN)CC2(F)F)c1. The maximum absolute atomic E-state index is 13.1. The Labute approximate surface area is 81.1 Å². The van der Waals surface area contributed by atoms with Gasteiger partial charge in [-0.25, -0.2) is 8.78 Å². The van der Waals surface area contributed by atoms with Crippen LogP contribution in [-0.4, -0.2) is 17.5 Å². The standard InChI is InChI=1S/C10H12F2N2/c1-7-2-3-14-8(4-7)9(6-13)5-10(9,11)12/h2-4H,5-6,13H2,1H3. The molecule has 1 fully saturated rings. The number of nitrogens with zero attached hydrogens (tertiary/aromatic N) is 1. The zero-order valence-electron chi connectivity index (χ0n) is 7.93. The minimum atomic E-state index is -2.68. The van der Waals surface area contributed by atoms with Crippen LogP contribution in [0.25, 0.3) is 0 Å². The third-order valence-corrected chi connectivity index (χ3v) is 2.85. The first kappa shape index (κ1) is 9.52. The lowest BCUT2D eigenvalue weighted by Crippen LogP contribution is -2.27. The lowest BCUT2D eigenvalue weighted by atomic mass is 10.00. The van der Waals surface area contributed by atoms with Gasteiger partial charge in [-0.3, -0.25) is 4.98 Å². The van der Waals surface area contributed by atoms with E-state index in [9.17, 15) is 8.78 Å². The molecule has 1 heterocycles. The Bertz CT molecular complexity index is 365. The average molecular weight is 198 g/mol. The second kappa shape index (κ2) is 2.73. The van der Waals surface area contributed by atoms with Gasteiger partial charge in [0.05, 0.1) is 11.1 Å². The third-order valence-electron chi connectivity index (χ3n) is 2.85. The van der Waals surface area contributed by atoms with E-state index in [1.807, 2.05) is 6.92 Å². The molecule has 2 N–H and O–H groups in total. The van der Waals surface area contributed by atoms with E-state index in [1.165, 1.54) is 0 Å². The first-order valence-corrected chi connectivity index (χ1v) is 4.53. The van der Waals surface area contributed by atoms with Crippen molar-refractivity contribution < 1.29 is 8.78 Å². The molecule has 0 aromatic carbocycles. The molecule has 4 heteroatoms. The predicted octanol–water partition coefficient (Wildman–Crippen LogP) is 1.63. The molecular formula is C10H12F2N2. The number of aromatic nitrogens is 1. The number of halogens is 2. The van der Waals surface area contributed by atoms with Gasteiger partial charge in [-0.05, 0) is 24.6 Å². The van der Waals surface area contributed by atoms with Crippen LogP contribution in [0.2, 0.25) is 0 Å². The van der Waals surface area contributed by atoms with Crippen molar-refractivity contribution in [3.05, 3.63) is 29.6 Å². The molecule has 0 amide bonds. The minimum absolute atomic E-state index is 0.0452. The van der Waals surface area contributed by atoms with Crippen LogP contribution in [-0.2, 0) is 5.41 Å². The van der Waals surface area contributed by atoms with Crippen LogP contribution in [0.5, 0.6) is 0 Å². The van der Waals surface area contributed by atoms with Crippen molar-refractivity contribution in [3.8, 4) is 0 Å². The van der Waals surface area contributed by atoms with Gasteiger partial charge in [0, 0.05) is 19.2 Å². The largest absolute Gasteiger partial charge is 0.329 e. The van der Waals surface area contributed by atoms with Gasteiger partial charge >= 0.3 is 0 Å². The molecule has 76 valence electrons. The average Bonchev–Trinajstić information content (AvgIpc) is 2.70. The molecule has 2 nitrogen and oxygen atoms in total. The quantitative estimate of drug-likeness (QED) is 0.784. The highest BCUT2D eigenvalue weighted by Crippen LogP contribution is 2.60. The third kappa shape index (κ3) is 1.14. The van der Waals surface area contributed by atoms with Crippen molar-refractivity contribution in [1.82, 2.24) is 4.98 Å². The molecule has 14 heavy (non-hydrogen) atoms. The molecule has 0 aliphatic heterocycles. The van der Waals surface area contributed by atoms with Crippen molar-refractivity contribution in [1.29, 1.82) is 0 Å². The Hall–Kier alpha value is -1.03. The fourth-order valence-electron chi connectivity index (χ4n) is 1.74. The summed E-state index contributed by atoms with van der Waals surface area (Å²) in [6, 6.07) is 3.47. The molecule has 1 aromatic rings. The van der Waals surface area contributed by atoms with E-state index < -0.39 is 11.3 Å². The molecule has 0 saturated heterocycles. The summed E-state index contributed by atoms with van der Waals surface area (Å²) in [5.74, 6) is -2.68. The van der Waals surface area contributed by atoms with Crippen LogP contribution in [0.4, 0.5) is 8.78 Å². The van der Waals surface area contributed by atoms with Crippen molar-refractivity contribution >= 4 is 0 Å². The van der Waals surface area contributed by atoms with Crippen LogP contribution in [0.1, 0.15) is 17.7 Å². The highest BCUT2D eigenvalue weighted by Gasteiger charge is 2.72. The summed E-state index contributed by atoms with van der Waals surface area (Å²) < 4.78 is 26.3. The highest BCUT2D eigenvalue weighted by molar-refractivity contribution is 5.35. The lowest BCUT2D eigenvalue weighted by Gasteiger charge is -2.13. The summed E-state index contributed by atoms with van der Waals surface area (Å²) in [4.78, 5) is 3.98. The molecule has 1 unspecified atom stereocenters. The number of rotatable bonds is 2. The Morgan fingerprint density at radius 3 is 2.64 bits per heavy atom. The first-order valence-electron chi connectivity index (χ1n) is 4.53. The Balaban J connectivity index is 2.40. The van der Waals surface area contributed by atoms with Crippen LogP contribution in [0.3, 0.4) is 0 Å². The molecule has 1 atom stereocenters. The molecule has 0 spiro atoms. The molecule has 1 saturated carbocycles. The Morgan fingerprint density at radius 2 is 2.21 bits per heavy atom. The summed E-state index contributed by atoms with van der Waals surface area (Å²) in [6.45, 7) is 1.81. The van der Waals surface area contributed by atoms with Crippen molar-refractivity contribution in [2.24, 2.45) is 5.73 Å². The second-order valence-corrected chi connectivity index (χ2v) is 3.89. The zero-order valence-corrected chi connectivity index (χ0v) is 7.93. The smallest absolute Gasteiger partial charge is 0.261 e. The van der Waals surface area contributed by atoms with E-state index in [-0.39, 0.29) is 13.0 Å². The summed E-state index contributed by atoms with van der Waals surface area (Å²) in [5.41, 5.74) is 5.57. The van der Waals surface area contributed by atoms with E-state index in [1.54, 1.807) is 18.3 Å². The van der Waals surface area contributed by atoms with E-state index in [0.29, 0.717) is 5.69 Å². The molecule has 1 aliphatic rings. The van der Waals surface area contributed by atoms with Gasteiger partial charge in [0.15, 0.2) is 0 Å². The van der Waals surface area contributed by atoms with Crippen LogP contribution < -0.4 is 5.73 Å². The first-order chi connectivity index (χ1) is 6.52. The highest BCUT2D eigenvalue weighted by atomic mass is 19.3. The van der Waals surface area contributed by atoms with E-state index in [2.05, 4.69) is 4.98 Å². The van der Waals surface area contributed by atoms with E-state index in [0.717, 1.165) is 5.56 Å². The van der Waals surface area contributed by atoms with Gasteiger partial charge in [0.25, 0.3) is 5.92 Å². The number of hydrogen-bond acceptors (Lipinski definition) is 2. The molecule has 2 rings (SSSR count). The van der Waals surface area contributed by atoms with Crippen molar-refractivity contribution in [3.63, 3.8) is 0 Å². The lowest BCUT2D eigenvalue weighted by molar-refractivity contribution is 0.0886. The second-order valence-electron chi connectivity index (χ2n) is 3.89. The van der Waals surface area contributed by atoms with E-state index in [4.69, 9.17) is 5.73 Å². The Kier molecular flexibility index (Phi) is 1.86. The van der Waals surface area contributed by atoms with Crippen LogP contribution in [0, 0.1) is 6.92 Å². The fourth-order valence-corrected chi connectivity index (χ4v) is 1.74. The summed E-state index contributed by atoms with van der Waals surface area (Å²) in [5, 5.41) is 0. The summed E-state index contributed by atoms with van der Waals surface area (Å²) in [6.07, 6.45) is 1.38. The monoisotopic (exact) mass is 198 g/mol. The molecule has 0 radical (unpaired) electrons. The van der Waals surface area contributed by atoms with Gasteiger partial charge in [0.2, 0.25) is 0 Å². The fraction of sp³-hybridized carbons (Fsp3) is 0.500. The van der Waals surface area contributed by atoms with Crippen molar-refractivity contribution in [2.45, 2.75) is 24.7 Å². The van der Waals surface area contributed by atoms with Gasteiger partial charge in [-0.15, -0.1) is 0 Å². The Morgan fingerprint density at radius 1 is 1.57 bits per heavy atom. The maximum Gasteiger partial charge on any atom is 0.261 e. The van der Waals surface area contributed by atoms with Crippen molar-refractivity contribution in [2.75, 3.05) is 6.54 Å². The number of alkyl halides is 2. The molecular weight excluding hydrogens is 186 g/mol. The zero-order chi connectivity index (χ0) is 10.4. The van der Waals surface area contributed by atoms with Gasteiger partial charge < -0.3 is 5.73 Å². The molecule has 1 aliphatic carbocycles. The normalized spacial score (nSPS) is 28.9. The van der Waals surface area contributed by atoms with Crippen LogP contribution >= 0.6 is 0 Å². The van der Waals surface area contributed by atoms with Gasteiger partial charge in [-0.1, -0.05) is 0 Å². The van der Waals surface area contributed by atoms with E-state index >= 15 is 0 Å². The topological polar surface area (TPSA) is 38.9 Å². The van der Waals surface area contributed by atoms with Gasteiger partial charge in [-0.2, -0.15) is 0 Å². The minimum Gasteiger partial charge on any atom is -0.329 e. The summed E-state index contributed by atoms with van der Waals surface area (Å²) >= 11 is 0.